The van der Waals surface area contributed by atoms with Gasteiger partial charge < -0.3 is 8.85 Å². The third kappa shape index (κ3) is 6.06. The first kappa shape index (κ1) is 29.6. The highest BCUT2D eigenvalue weighted by atomic mass is 28.4. The fourth-order valence-corrected chi connectivity index (χ4v) is 10.4. The van der Waals surface area contributed by atoms with Crippen LogP contribution in [0.3, 0.4) is 0 Å². The summed E-state index contributed by atoms with van der Waals surface area (Å²) in [5, 5.41) is 0.548. The minimum atomic E-state index is -1.78. The lowest BCUT2D eigenvalue weighted by molar-refractivity contribution is -0.0224. The van der Waals surface area contributed by atoms with Crippen LogP contribution >= 0.6 is 0 Å². The van der Waals surface area contributed by atoms with Crippen LogP contribution in [-0.2, 0) is 8.85 Å². The van der Waals surface area contributed by atoms with E-state index in [0.717, 1.165) is 24.2 Å². The summed E-state index contributed by atoms with van der Waals surface area (Å²) in [4.78, 5) is 0. The highest BCUT2D eigenvalue weighted by molar-refractivity contribution is 6.74. The van der Waals surface area contributed by atoms with Crippen LogP contribution in [0.25, 0.3) is 0 Å². The molecule has 0 saturated heterocycles. The fourth-order valence-electron chi connectivity index (χ4n) is 7.40. The van der Waals surface area contributed by atoms with E-state index in [1.165, 1.54) is 38.5 Å². The van der Waals surface area contributed by atoms with E-state index < -0.39 is 16.6 Å². The van der Waals surface area contributed by atoms with Crippen molar-refractivity contribution in [3.63, 3.8) is 0 Å². The maximum atomic E-state index is 7.10. The monoisotopic (exact) mass is 520 g/mol. The molecule has 3 aliphatic rings. The molecule has 2 nitrogen and oxygen atoms in total. The first-order valence-electron chi connectivity index (χ1n) is 14.8. The number of allylic oxidation sites excluding steroid dienone is 1. The zero-order valence-corrected chi connectivity index (χ0v) is 27.8. The minimum absolute atomic E-state index is 0.0809. The SMILES string of the molecule is C[C@H](C[C@@H]1C=C[C@](C)(O[Si](C)(C)C(C)(C)C)C1)[C@H]1CCC2C(O[Si](C)(C)C(C)(C)C)CCC[C@@]21C. The van der Waals surface area contributed by atoms with Crippen LogP contribution in [0.2, 0.25) is 36.3 Å². The molecule has 3 aliphatic carbocycles. The van der Waals surface area contributed by atoms with Gasteiger partial charge in [0.1, 0.15) is 0 Å². The van der Waals surface area contributed by atoms with E-state index >= 15 is 0 Å². The number of hydrogen-bond donors (Lipinski definition) is 0. The first-order chi connectivity index (χ1) is 15.7. The largest absolute Gasteiger partial charge is 0.414 e. The quantitative estimate of drug-likeness (QED) is 0.245. The van der Waals surface area contributed by atoms with Gasteiger partial charge in [0.2, 0.25) is 0 Å². The maximum absolute atomic E-state index is 7.10. The molecule has 0 heterocycles. The van der Waals surface area contributed by atoms with E-state index in [0.29, 0.717) is 22.5 Å². The minimum Gasteiger partial charge on any atom is -0.414 e. The van der Waals surface area contributed by atoms with Gasteiger partial charge in [-0.3, -0.25) is 0 Å². The van der Waals surface area contributed by atoms with Crippen LogP contribution in [0.5, 0.6) is 0 Å². The van der Waals surface area contributed by atoms with Gasteiger partial charge in [-0.05, 0) is 111 Å². The second kappa shape index (κ2) is 9.68. The second-order valence-electron chi connectivity index (χ2n) is 16.3. The van der Waals surface area contributed by atoms with Crippen molar-refractivity contribution < 1.29 is 8.85 Å². The summed E-state index contributed by atoms with van der Waals surface area (Å²) in [6.07, 6.45) is 14.7. The molecule has 0 aliphatic heterocycles. The Morgan fingerprint density at radius 3 is 2.09 bits per heavy atom. The summed E-state index contributed by atoms with van der Waals surface area (Å²) in [6.45, 7) is 31.4. The van der Waals surface area contributed by atoms with Crippen LogP contribution in [0.4, 0.5) is 0 Å². The summed E-state index contributed by atoms with van der Waals surface area (Å²) in [5.41, 5.74) is 0.371. The standard InChI is InChI=1S/C31H60O2Si2/c1-23(21-24-18-20-30(8,22-24)33-35(12,13)29(5,6)7)25-16-17-26-27(15-14-19-31(25,26)9)32-34(10,11)28(2,3)4/h18,20,23-27H,14-17,19,21-22H2,1-13H3/t23-,24+,25-,26?,27?,30+,31-/m1/s1. The van der Waals surface area contributed by atoms with Crippen molar-refractivity contribution in [2.75, 3.05) is 0 Å². The number of hydrogen-bond acceptors (Lipinski definition) is 2. The van der Waals surface area contributed by atoms with Crippen LogP contribution in [-0.4, -0.2) is 28.3 Å². The molecule has 0 spiro atoms. The smallest absolute Gasteiger partial charge is 0.193 e. The predicted octanol–water partition coefficient (Wildman–Crippen LogP) is 9.98. The number of fused-ring (bicyclic) bond motifs is 1. The molecule has 4 heteroatoms. The zero-order chi connectivity index (χ0) is 26.7. The summed E-state index contributed by atoms with van der Waals surface area (Å²) in [6, 6.07) is 0. The molecule has 0 radical (unpaired) electrons. The average molecular weight is 521 g/mol. The summed E-state index contributed by atoms with van der Waals surface area (Å²) in [5.74, 6) is 3.01. The van der Waals surface area contributed by atoms with E-state index in [1.54, 1.807) is 0 Å². The van der Waals surface area contributed by atoms with Crippen molar-refractivity contribution in [1.82, 2.24) is 0 Å². The molecular formula is C31H60O2Si2. The van der Waals surface area contributed by atoms with Gasteiger partial charge in [-0.25, -0.2) is 0 Å². The highest BCUT2D eigenvalue weighted by Crippen LogP contribution is 2.60. The Bertz CT molecular complexity index is 774. The molecule has 2 fully saturated rings. The molecule has 35 heavy (non-hydrogen) atoms. The van der Waals surface area contributed by atoms with Crippen LogP contribution in [0, 0.1) is 29.1 Å². The van der Waals surface area contributed by atoms with Crippen LogP contribution < -0.4 is 0 Å². The summed E-state index contributed by atoms with van der Waals surface area (Å²) >= 11 is 0. The maximum Gasteiger partial charge on any atom is 0.193 e. The Morgan fingerprint density at radius 2 is 1.51 bits per heavy atom. The Morgan fingerprint density at radius 1 is 0.914 bits per heavy atom. The van der Waals surface area contributed by atoms with Gasteiger partial charge >= 0.3 is 0 Å². The van der Waals surface area contributed by atoms with Crippen molar-refractivity contribution in [3.8, 4) is 0 Å². The molecule has 2 saturated carbocycles. The molecule has 2 unspecified atom stereocenters. The normalized spacial score (nSPS) is 37.5. The van der Waals surface area contributed by atoms with Crippen molar-refractivity contribution in [2.24, 2.45) is 29.1 Å². The van der Waals surface area contributed by atoms with Gasteiger partial charge in [0.05, 0.1) is 5.60 Å². The number of rotatable bonds is 7. The van der Waals surface area contributed by atoms with E-state index in [9.17, 15) is 0 Å². The van der Waals surface area contributed by atoms with Gasteiger partial charge in [0.15, 0.2) is 16.6 Å². The Labute approximate surface area is 221 Å². The Kier molecular flexibility index (Phi) is 8.20. The van der Waals surface area contributed by atoms with Crippen LogP contribution in [0.15, 0.2) is 12.2 Å². The molecule has 0 aromatic rings. The third-order valence-corrected chi connectivity index (χ3v) is 20.5. The molecule has 0 aromatic heterocycles. The van der Waals surface area contributed by atoms with E-state index in [2.05, 4.69) is 101 Å². The topological polar surface area (TPSA) is 18.5 Å². The van der Waals surface area contributed by atoms with E-state index in [4.69, 9.17) is 8.85 Å². The second-order valence-corrected chi connectivity index (χ2v) is 25.8. The van der Waals surface area contributed by atoms with Gasteiger partial charge in [-0.2, -0.15) is 0 Å². The Hall–Kier alpha value is 0.0938. The van der Waals surface area contributed by atoms with Gasteiger partial charge in [0.25, 0.3) is 0 Å². The van der Waals surface area contributed by atoms with Crippen molar-refractivity contribution >= 4 is 16.6 Å². The van der Waals surface area contributed by atoms with Gasteiger partial charge in [0, 0.05) is 6.10 Å². The Balaban J connectivity index is 1.64. The lowest BCUT2D eigenvalue weighted by atomic mass is 9.61. The highest BCUT2D eigenvalue weighted by Gasteiger charge is 2.55. The molecule has 0 aromatic carbocycles. The lowest BCUT2D eigenvalue weighted by Gasteiger charge is -2.50. The van der Waals surface area contributed by atoms with Crippen molar-refractivity contribution in [3.05, 3.63) is 12.2 Å². The van der Waals surface area contributed by atoms with Crippen molar-refractivity contribution in [1.29, 1.82) is 0 Å². The predicted molar refractivity (Wildman–Crippen MR) is 158 cm³/mol. The van der Waals surface area contributed by atoms with Gasteiger partial charge in [-0.15, -0.1) is 0 Å². The molecular weight excluding hydrogens is 461 g/mol. The third-order valence-electron chi connectivity index (χ3n) is 11.4. The first-order valence-corrected chi connectivity index (χ1v) is 20.6. The molecule has 0 bridgehead atoms. The van der Waals surface area contributed by atoms with E-state index in [-0.39, 0.29) is 10.6 Å². The lowest BCUT2D eigenvalue weighted by Crippen LogP contribution is -2.50. The molecule has 3 rings (SSSR count). The molecule has 7 atom stereocenters. The van der Waals surface area contributed by atoms with Crippen molar-refractivity contribution in [2.45, 2.75) is 155 Å². The average Bonchev–Trinajstić information content (AvgIpc) is 3.19. The molecule has 0 N–H and O–H groups in total. The summed E-state index contributed by atoms with van der Waals surface area (Å²) in [7, 11) is -3.51. The van der Waals surface area contributed by atoms with E-state index in [1.807, 2.05) is 0 Å². The molecule has 204 valence electrons. The molecule has 0 amide bonds. The van der Waals surface area contributed by atoms with Gasteiger partial charge in [-0.1, -0.05) is 74.0 Å². The summed E-state index contributed by atoms with van der Waals surface area (Å²) < 4.78 is 14.0. The fraction of sp³-hybridized carbons (Fsp3) is 0.935. The van der Waals surface area contributed by atoms with Crippen LogP contribution in [0.1, 0.15) is 107 Å². The zero-order valence-electron chi connectivity index (χ0n) is 25.8.